The molecular weight excluding hydrogens is 224 g/mol. The third-order valence-corrected chi connectivity index (χ3v) is 2.33. The zero-order valence-corrected chi connectivity index (χ0v) is 10.6. The molecule has 0 rings (SSSR count). The molecule has 0 aromatic carbocycles. The molecule has 0 aliphatic rings. The summed E-state index contributed by atoms with van der Waals surface area (Å²) in [7, 11) is 1.37. The fourth-order valence-electron chi connectivity index (χ4n) is 1.15. The molecule has 0 N–H and O–H groups in total. The van der Waals surface area contributed by atoms with Gasteiger partial charge in [0.1, 0.15) is 0 Å². The summed E-state index contributed by atoms with van der Waals surface area (Å²) in [5.74, 6) is -0.891. The van der Waals surface area contributed by atoms with Crippen LogP contribution in [0.15, 0.2) is 12.7 Å². The highest BCUT2D eigenvalue weighted by Gasteiger charge is 2.14. The molecule has 0 amide bonds. The Kier molecular flexibility index (Phi) is 8.05. The van der Waals surface area contributed by atoms with E-state index in [1.165, 1.54) is 7.11 Å². The molecule has 0 heterocycles. The van der Waals surface area contributed by atoms with E-state index in [1.807, 2.05) is 6.92 Å². The Labute approximate surface area is 102 Å². The van der Waals surface area contributed by atoms with Crippen molar-refractivity contribution in [3.8, 4) is 0 Å². The van der Waals surface area contributed by atoms with Crippen molar-refractivity contribution in [3.63, 3.8) is 0 Å². The van der Waals surface area contributed by atoms with Crippen LogP contribution < -0.4 is 0 Å². The fourth-order valence-corrected chi connectivity index (χ4v) is 1.15. The van der Waals surface area contributed by atoms with Crippen molar-refractivity contribution >= 4 is 11.9 Å². The molecule has 0 radical (unpaired) electrons. The van der Waals surface area contributed by atoms with Crippen LogP contribution in [0.25, 0.3) is 0 Å². The third kappa shape index (κ3) is 7.52. The Hall–Kier alpha value is -1.36. The summed E-state index contributed by atoms with van der Waals surface area (Å²) >= 11 is 0. The van der Waals surface area contributed by atoms with Crippen molar-refractivity contribution < 1.29 is 23.8 Å². The van der Waals surface area contributed by atoms with Gasteiger partial charge in [-0.2, -0.15) is 0 Å². The van der Waals surface area contributed by atoms with Crippen molar-refractivity contribution in [3.05, 3.63) is 12.7 Å². The van der Waals surface area contributed by atoms with Gasteiger partial charge in [0.2, 0.25) is 0 Å². The molecule has 5 heteroatoms. The van der Waals surface area contributed by atoms with Crippen molar-refractivity contribution in [1.29, 1.82) is 0 Å². The van der Waals surface area contributed by atoms with Gasteiger partial charge in [-0.1, -0.05) is 13.5 Å². The molecule has 17 heavy (non-hydrogen) atoms. The SMILES string of the molecule is C=CC(=O)OCO[C@@H](C)CC[C@H](C)C(=O)OC. The maximum absolute atomic E-state index is 11.1. The van der Waals surface area contributed by atoms with Gasteiger partial charge >= 0.3 is 11.9 Å². The predicted octanol–water partition coefficient (Wildman–Crippen LogP) is 1.67. The molecule has 0 saturated heterocycles. The molecule has 0 aromatic rings. The Balaban J connectivity index is 3.65. The number of ether oxygens (including phenoxy) is 3. The average molecular weight is 244 g/mol. The van der Waals surface area contributed by atoms with Crippen molar-refractivity contribution in [1.82, 2.24) is 0 Å². The standard InChI is InChI=1S/C12H20O5/c1-5-11(13)17-8-16-10(3)7-6-9(2)12(14)15-4/h5,9-10H,1,6-8H2,2-4H3/t9-,10-/m0/s1. The number of esters is 2. The average Bonchev–Trinajstić information content (AvgIpc) is 2.34. The number of hydrogen-bond acceptors (Lipinski definition) is 5. The fraction of sp³-hybridized carbons (Fsp3) is 0.667. The minimum Gasteiger partial charge on any atom is -0.469 e. The van der Waals surface area contributed by atoms with E-state index in [4.69, 9.17) is 4.74 Å². The van der Waals surface area contributed by atoms with Crippen LogP contribution in [0.3, 0.4) is 0 Å². The summed E-state index contributed by atoms with van der Waals surface area (Å²) in [6.45, 7) is 6.82. The minimum absolute atomic E-state index is 0.0836. The van der Waals surface area contributed by atoms with Gasteiger partial charge in [0.05, 0.1) is 19.1 Å². The quantitative estimate of drug-likeness (QED) is 0.369. The zero-order chi connectivity index (χ0) is 13.3. The van der Waals surface area contributed by atoms with Crippen molar-refractivity contribution in [2.45, 2.75) is 32.8 Å². The molecule has 0 unspecified atom stereocenters. The first-order valence-corrected chi connectivity index (χ1v) is 5.49. The highest BCUT2D eigenvalue weighted by Crippen LogP contribution is 2.11. The number of carbonyl (C=O) groups is 2. The van der Waals surface area contributed by atoms with E-state index in [0.717, 1.165) is 6.08 Å². The molecule has 0 fully saturated rings. The molecule has 0 spiro atoms. The van der Waals surface area contributed by atoms with Crippen LogP contribution in [0.4, 0.5) is 0 Å². The molecular formula is C12H20O5. The molecule has 5 nitrogen and oxygen atoms in total. The van der Waals surface area contributed by atoms with Gasteiger partial charge in [-0.25, -0.2) is 4.79 Å². The van der Waals surface area contributed by atoms with Crippen LogP contribution in [0.2, 0.25) is 0 Å². The summed E-state index contributed by atoms with van der Waals surface area (Å²) in [6.07, 6.45) is 2.36. The highest BCUT2D eigenvalue weighted by atomic mass is 16.7. The van der Waals surface area contributed by atoms with Crippen LogP contribution in [-0.2, 0) is 23.8 Å². The molecule has 0 bridgehead atoms. The summed E-state index contributed by atoms with van der Waals surface area (Å²) in [5.41, 5.74) is 0. The highest BCUT2D eigenvalue weighted by molar-refractivity contribution is 5.81. The summed E-state index contributed by atoms with van der Waals surface area (Å²) in [6, 6.07) is 0. The molecule has 2 atom stereocenters. The van der Waals surface area contributed by atoms with Crippen LogP contribution in [0.1, 0.15) is 26.7 Å². The van der Waals surface area contributed by atoms with Crippen LogP contribution in [0.5, 0.6) is 0 Å². The molecule has 0 aliphatic carbocycles. The van der Waals surface area contributed by atoms with E-state index in [-0.39, 0.29) is 24.8 Å². The Morgan fingerprint density at radius 1 is 1.29 bits per heavy atom. The van der Waals surface area contributed by atoms with Gasteiger partial charge in [0.15, 0.2) is 6.79 Å². The second-order valence-corrected chi connectivity index (χ2v) is 3.76. The maximum atomic E-state index is 11.1. The van der Waals surface area contributed by atoms with E-state index >= 15 is 0 Å². The second kappa shape index (κ2) is 8.75. The first-order chi connectivity index (χ1) is 8.01. The Morgan fingerprint density at radius 2 is 1.94 bits per heavy atom. The largest absolute Gasteiger partial charge is 0.469 e. The van der Waals surface area contributed by atoms with Crippen molar-refractivity contribution in [2.75, 3.05) is 13.9 Å². The first-order valence-electron chi connectivity index (χ1n) is 5.49. The maximum Gasteiger partial charge on any atom is 0.332 e. The summed E-state index contributed by atoms with van der Waals surface area (Å²) in [5, 5.41) is 0. The van der Waals surface area contributed by atoms with Gasteiger partial charge in [0, 0.05) is 6.08 Å². The summed E-state index contributed by atoms with van der Waals surface area (Å²) in [4.78, 5) is 21.8. The lowest BCUT2D eigenvalue weighted by Crippen LogP contribution is -2.17. The van der Waals surface area contributed by atoms with Crippen LogP contribution >= 0.6 is 0 Å². The first kappa shape index (κ1) is 15.6. The Morgan fingerprint density at radius 3 is 2.47 bits per heavy atom. The minimum atomic E-state index is -0.514. The van der Waals surface area contributed by atoms with E-state index < -0.39 is 5.97 Å². The number of methoxy groups -OCH3 is 1. The van der Waals surface area contributed by atoms with E-state index in [2.05, 4.69) is 16.1 Å². The van der Waals surface area contributed by atoms with Gasteiger partial charge in [0.25, 0.3) is 0 Å². The zero-order valence-electron chi connectivity index (χ0n) is 10.6. The second-order valence-electron chi connectivity index (χ2n) is 3.76. The lowest BCUT2D eigenvalue weighted by molar-refractivity contribution is -0.154. The van der Waals surface area contributed by atoms with E-state index in [9.17, 15) is 9.59 Å². The lowest BCUT2D eigenvalue weighted by Gasteiger charge is -2.14. The molecule has 98 valence electrons. The molecule has 0 saturated carbocycles. The summed E-state index contributed by atoms with van der Waals surface area (Å²) < 4.78 is 14.5. The Bertz CT molecular complexity index is 262. The van der Waals surface area contributed by atoms with Gasteiger partial charge in [-0.15, -0.1) is 0 Å². The topological polar surface area (TPSA) is 61.8 Å². The lowest BCUT2D eigenvalue weighted by atomic mass is 10.0. The van der Waals surface area contributed by atoms with E-state index in [1.54, 1.807) is 6.92 Å². The number of rotatable bonds is 8. The van der Waals surface area contributed by atoms with Crippen LogP contribution in [0, 0.1) is 5.92 Å². The van der Waals surface area contributed by atoms with Crippen molar-refractivity contribution in [2.24, 2.45) is 5.92 Å². The molecule has 0 aliphatic heterocycles. The normalized spacial score (nSPS) is 13.6. The smallest absolute Gasteiger partial charge is 0.332 e. The van der Waals surface area contributed by atoms with E-state index in [0.29, 0.717) is 12.8 Å². The van der Waals surface area contributed by atoms with Gasteiger partial charge in [-0.3, -0.25) is 4.79 Å². The van der Waals surface area contributed by atoms with Gasteiger partial charge in [-0.05, 0) is 19.8 Å². The third-order valence-electron chi connectivity index (χ3n) is 2.33. The molecule has 0 aromatic heterocycles. The number of carbonyl (C=O) groups excluding carboxylic acids is 2. The predicted molar refractivity (Wildman–Crippen MR) is 62.1 cm³/mol. The van der Waals surface area contributed by atoms with Gasteiger partial charge < -0.3 is 14.2 Å². The van der Waals surface area contributed by atoms with Crippen LogP contribution in [-0.4, -0.2) is 31.9 Å². The number of hydrogen-bond donors (Lipinski definition) is 0. The monoisotopic (exact) mass is 244 g/mol.